The lowest BCUT2D eigenvalue weighted by atomic mass is 10.1. The van der Waals surface area contributed by atoms with Crippen molar-refractivity contribution in [1.29, 1.82) is 0 Å². The molecule has 7 heavy (non-hydrogen) atoms. The topological polar surface area (TPSA) is 9.23 Å². The van der Waals surface area contributed by atoms with Gasteiger partial charge in [-0.05, 0) is 12.3 Å². The summed E-state index contributed by atoms with van der Waals surface area (Å²) in [4.78, 5) is 0. The number of hydrogen-bond acceptors (Lipinski definition) is 1. The van der Waals surface area contributed by atoms with E-state index in [1.807, 2.05) is 0 Å². The van der Waals surface area contributed by atoms with Crippen molar-refractivity contribution in [3.05, 3.63) is 0 Å². The van der Waals surface area contributed by atoms with Gasteiger partial charge in [-0.3, -0.25) is 0 Å². The fourth-order valence-corrected chi connectivity index (χ4v) is 0.905. The van der Waals surface area contributed by atoms with Gasteiger partial charge in [0.2, 0.25) is 0 Å². The van der Waals surface area contributed by atoms with Crippen LogP contribution in [0.4, 0.5) is 0 Å². The summed E-state index contributed by atoms with van der Waals surface area (Å²) in [6, 6.07) is 0. The second kappa shape index (κ2) is 2.31. The van der Waals surface area contributed by atoms with Crippen LogP contribution in [-0.2, 0) is 4.74 Å². The summed E-state index contributed by atoms with van der Waals surface area (Å²) in [6.07, 6.45) is 2.58. The van der Waals surface area contributed by atoms with E-state index in [9.17, 15) is 0 Å². The van der Waals surface area contributed by atoms with E-state index in [2.05, 4.69) is 6.92 Å². The third-order valence-electron chi connectivity index (χ3n) is 1.60. The zero-order valence-corrected chi connectivity index (χ0v) is 4.81. The van der Waals surface area contributed by atoms with Crippen molar-refractivity contribution < 1.29 is 4.74 Å². The largest absolute Gasteiger partial charge is 0.381 e. The van der Waals surface area contributed by atoms with Crippen LogP contribution in [0.1, 0.15) is 19.8 Å². The molecule has 1 heteroatoms. The predicted molar refractivity (Wildman–Crippen MR) is 29.2 cm³/mol. The summed E-state index contributed by atoms with van der Waals surface area (Å²) in [5.74, 6) is 0.875. The van der Waals surface area contributed by atoms with Gasteiger partial charge in [-0.2, -0.15) is 0 Å². The summed E-state index contributed by atoms with van der Waals surface area (Å²) < 4.78 is 5.15. The Hall–Kier alpha value is -0.0400. The Bertz CT molecular complexity index is 46.1. The molecule has 1 nitrogen and oxygen atoms in total. The molecule has 0 bridgehead atoms. The van der Waals surface area contributed by atoms with Gasteiger partial charge < -0.3 is 4.74 Å². The smallest absolute Gasteiger partial charge is 0.0495 e. The van der Waals surface area contributed by atoms with Gasteiger partial charge in [0.25, 0.3) is 0 Å². The van der Waals surface area contributed by atoms with Crippen LogP contribution >= 0.6 is 0 Å². The minimum atomic E-state index is 0.875. The molecule has 0 saturated carbocycles. The molecule has 1 saturated heterocycles. The van der Waals surface area contributed by atoms with E-state index >= 15 is 0 Å². The van der Waals surface area contributed by atoms with Crippen LogP contribution in [-0.4, -0.2) is 13.2 Å². The van der Waals surface area contributed by atoms with E-state index in [0.29, 0.717) is 0 Å². The number of rotatable bonds is 1. The molecule has 1 aliphatic heterocycles. The van der Waals surface area contributed by atoms with E-state index in [4.69, 9.17) is 4.74 Å². The van der Waals surface area contributed by atoms with Crippen molar-refractivity contribution in [3.63, 3.8) is 0 Å². The molecule has 0 N–H and O–H groups in total. The number of hydrogen-bond donors (Lipinski definition) is 0. The van der Waals surface area contributed by atoms with Crippen LogP contribution in [0.15, 0.2) is 0 Å². The quantitative estimate of drug-likeness (QED) is 0.484. The van der Waals surface area contributed by atoms with Crippen molar-refractivity contribution >= 4 is 0 Å². The van der Waals surface area contributed by atoms with E-state index in [-0.39, 0.29) is 0 Å². The fraction of sp³-hybridized carbons (Fsp3) is 1.00. The maximum absolute atomic E-state index is 5.15. The predicted octanol–water partition coefficient (Wildman–Crippen LogP) is 1.43. The van der Waals surface area contributed by atoms with Gasteiger partial charge in [0.15, 0.2) is 0 Å². The van der Waals surface area contributed by atoms with E-state index in [1.165, 1.54) is 12.8 Å². The molecule has 1 atom stereocenters. The molecule has 0 aromatic heterocycles. The molecule has 0 radical (unpaired) electrons. The minimum Gasteiger partial charge on any atom is -0.381 e. The average Bonchev–Trinajstić information content (AvgIpc) is 2.14. The first-order valence-electron chi connectivity index (χ1n) is 3.01. The summed E-state index contributed by atoms with van der Waals surface area (Å²) in [7, 11) is 0. The van der Waals surface area contributed by atoms with Gasteiger partial charge in [-0.1, -0.05) is 13.3 Å². The highest BCUT2D eigenvalue weighted by Crippen LogP contribution is 2.14. The maximum Gasteiger partial charge on any atom is 0.0495 e. The minimum absolute atomic E-state index is 0.875. The second-order valence-corrected chi connectivity index (χ2v) is 2.14. The van der Waals surface area contributed by atoms with Gasteiger partial charge in [-0.25, -0.2) is 0 Å². The van der Waals surface area contributed by atoms with Crippen LogP contribution in [0.3, 0.4) is 0 Å². The highest BCUT2D eigenvalue weighted by Gasteiger charge is 2.11. The molecule has 0 aliphatic carbocycles. The molecule has 0 amide bonds. The van der Waals surface area contributed by atoms with E-state index < -0.39 is 0 Å². The Morgan fingerprint density at radius 3 is 2.86 bits per heavy atom. The molecule has 0 spiro atoms. The monoisotopic (exact) mass is 100 g/mol. The van der Waals surface area contributed by atoms with Gasteiger partial charge in [0.05, 0.1) is 0 Å². The van der Waals surface area contributed by atoms with Crippen molar-refractivity contribution in [2.75, 3.05) is 13.2 Å². The van der Waals surface area contributed by atoms with Crippen molar-refractivity contribution in [2.24, 2.45) is 5.92 Å². The molecular formula is C6H12O. The van der Waals surface area contributed by atoms with Gasteiger partial charge in [-0.15, -0.1) is 0 Å². The summed E-state index contributed by atoms with van der Waals surface area (Å²) in [5, 5.41) is 0. The van der Waals surface area contributed by atoms with Crippen LogP contribution < -0.4 is 0 Å². The van der Waals surface area contributed by atoms with Crippen LogP contribution in [0, 0.1) is 5.92 Å². The lowest BCUT2D eigenvalue weighted by molar-refractivity contribution is 0.185. The Morgan fingerprint density at radius 2 is 2.57 bits per heavy atom. The lowest BCUT2D eigenvalue weighted by Gasteiger charge is -1.97. The molecule has 0 aromatic carbocycles. The first kappa shape index (κ1) is 5.10. The van der Waals surface area contributed by atoms with Crippen molar-refractivity contribution in [2.45, 2.75) is 19.8 Å². The van der Waals surface area contributed by atoms with Gasteiger partial charge >= 0.3 is 0 Å². The van der Waals surface area contributed by atoms with Crippen LogP contribution in [0.25, 0.3) is 0 Å². The van der Waals surface area contributed by atoms with Crippen molar-refractivity contribution in [1.82, 2.24) is 0 Å². The summed E-state index contributed by atoms with van der Waals surface area (Å²) >= 11 is 0. The van der Waals surface area contributed by atoms with Gasteiger partial charge in [0.1, 0.15) is 0 Å². The molecular weight excluding hydrogens is 88.1 g/mol. The third-order valence-corrected chi connectivity index (χ3v) is 1.60. The molecule has 1 rings (SSSR count). The summed E-state index contributed by atoms with van der Waals surface area (Å²) in [6.45, 7) is 4.23. The fourth-order valence-electron chi connectivity index (χ4n) is 0.905. The highest BCUT2D eigenvalue weighted by molar-refractivity contribution is 4.60. The molecule has 0 unspecified atom stereocenters. The zero-order valence-electron chi connectivity index (χ0n) is 4.81. The van der Waals surface area contributed by atoms with E-state index in [0.717, 1.165) is 19.1 Å². The normalized spacial score (nSPS) is 31.3. The van der Waals surface area contributed by atoms with Crippen LogP contribution in [0.2, 0.25) is 0 Å². The Morgan fingerprint density at radius 1 is 1.71 bits per heavy atom. The third kappa shape index (κ3) is 1.16. The van der Waals surface area contributed by atoms with E-state index in [1.54, 1.807) is 0 Å². The van der Waals surface area contributed by atoms with Gasteiger partial charge in [0, 0.05) is 13.2 Å². The molecule has 42 valence electrons. The first-order valence-corrected chi connectivity index (χ1v) is 3.01. The second-order valence-electron chi connectivity index (χ2n) is 2.14. The molecule has 0 aromatic rings. The molecule has 1 heterocycles. The standard InChI is InChI=1S/C6H12O/c1-2-6-3-4-7-5-6/h6H,2-5H2,1H3/t6-/m0/s1. The molecule has 1 aliphatic rings. The first-order chi connectivity index (χ1) is 3.43. The van der Waals surface area contributed by atoms with Crippen molar-refractivity contribution in [3.8, 4) is 0 Å². The zero-order chi connectivity index (χ0) is 5.11. The lowest BCUT2D eigenvalue weighted by Crippen LogP contribution is -1.94. The SMILES string of the molecule is CC[C@H]1CCOC1. The summed E-state index contributed by atoms with van der Waals surface area (Å²) in [5.41, 5.74) is 0. The average molecular weight is 100 g/mol. The number of ether oxygens (including phenoxy) is 1. The Labute approximate surface area is 44.7 Å². The van der Waals surface area contributed by atoms with Crippen LogP contribution in [0.5, 0.6) is 0 Å². The Kier molecular flexibility index (Phi) is 1.69. The maximum atomic E-state index is 5.15. The highest BCUT2D eigenvalue weighted by atomic mass is 16.5. The molecule has 1 fully saturated rings. The Balaban J connectivity index is 2.14.